The summed E-state index contributed by atoms with van der Waals surface area (Å²) < 4.78 is 19.2. The van der Waals surface area contributed by atoms with Gasteiger partial charge in [0.25, 0.3) is 0 Å². The van der Waals surface area contributed by atoms with Gasteiger partial charge in [-0.3, -0.25) is 0 Å². The molecule has 1 N–H and O–H groups in total. The van der Waals surface area contributed by atoms with Crippen LogP contribution in [0, 0.1) is 5.82 Å². The molecule has 0 fully saturated rings. The van der Waals surface area contributed by atoms with E-state index in [0.717, 1.165) is 12.0 Å². The summed E-state index contributed by atoms with van der Waals surface area (Å²) >= 11 is 0. The molecule has 0 saturated heterocycles. The minimum absolute atomic E-state index is 0.0935. The topological polar surface area (TPSA) is 29.5 Å². The van der Waals surface area contributed by atoms with E-state index in [-0.39, 0.29) is 12.4 Å². The van der Waals surface area contributed by atoms with Gasteiger partial charge in [0.1, 0.15) is 11.6 Å². The zero-order valence-corrected chi connectivity index (χ0v) is 9.01. The molecule has 3 heteroatoms. The van der Waals surface area contributed by atoms with Gasteiger partial charge in [0.2, 0.25) is 0 Å². The maximum atomic E-state index is 13.7. The Hall–Kier alpha value is -1.09. The van der Waals surface area contributed by atoms with E-state index in [1.54, 1.807) is 6.07 Å². The quantitative estimate of drug-likeness (QED) is 0.809. The maximum absolute atomic E-state index is 13.7. The molecule has 2 rings (SSSR count). The van der Waals surface area contributed by atoms with Gasteiger partial charge in [0, 0.05) is 17.4 Å². The number of rotatable bonds is 2. The maximum Gasteiger partial charge on any atom is 0.130 e. The second kappa shape index (κ2) is 3.49. The first-order valence-electron chi connectivity index (χ1n) is 5.12. The lowest BCUT2D eigenvalue weighted by atomic mass is 9.83. The molecule has 1 aromatic rings. The second-order valence-electron chi connectivity index (χ2n) is 4.55. The minimum atomic E-state index is -0.597. The van der Waals surface area contributed by atoms with Crippen LogP contribution < -0.4 is 4.74 Å². The highest BCUT2D eigenvalue weighted by molar-refractivity contribution is 5.48. The van der Waals surface area contributed by atoms with Crippen LogP contribution >= 0.6 is 0 Å². The molecule has 1 aliphatic heterocycles. The number of halogens is 1. The van der Waals surface area contributed by atoms with Crippen LogP contribution in [0.3, 0.4) is 0 Å². The highest BCUT2D eigenvalue weighted by Gasteiger charge is 2.31. The molecule has 0 aromatic heterocycles. The third-order valence-electron chi connectivity index (χ3n) is 2.88. The lowest BCUT2D eigenvalue weighted by Gasteiger charge is -2.25. The Morgan fingerprint density at radius 3 is 2.87 bits per heavy atom. The van der Waals surface area contributed by atoms with E-state index in [9.17, 15) is 9.50 Å². The van der Waals surface area contributed by atoms with Crippen LogP contribution in [-0.2, 0) is 11.8 Å². The Kier molecular flexibility index (Phi) is 2.43. The zero-order valence-electron chi connectivity index (χ0n) is 9.01. The van der Waals surface area contributed by atoms with Crippen LogP contribution in [0.5, 0.6) is 5.75 Å². The van der Waals surface area contributed by atoms with Gasteiger partial charge in [-0.05, 0) is 11.6 Å². The van der Waals surface area contributed by atoms with Crippen molar-refractivity contribution in [2.24, 2.45) is 0 Å². The first kappa shape index (κ1) is 10.4. The first-order chi connectivity index (χ1) is 7.06. The summed E-state index contributed by atoms with van der Waals surface area (Å²) in [6.45, 7) is 4.14. The Balaban J connectivity index is 2.60. The Bertz CT molecular complexity index is 385. The van der Waals surface area contributed by atoms with E-state index in [0.29, 0.717) is 17.9 Å². The van der Waals surface area contributed by atoms with Crippen LogP contribution in [0.4, 0.5) is 4.39 Å². The Labute approximate surface area is 88.7 Å². The molecule has 0 bridgehead atoms. The number of hydrogen-bond donors (Lipinski definition) is 1. The van der Waals surface area contributed by atoms with Crippen molar-refractivity contribution < 1.29 is 14.2 Å². The lowest BCUT2D eigenvalue weighted by molar-refractivity contribution is 0.210. The van der Waals surface area contributed by atoms with Crippen LogP contribution in [0.2, 0.25) is 0 Å². The highest BCUT2D eigenvalue weighted by Crippen LogP contribution is 2.38. The molecule has 15 heavy (non-hydrogen) atoms. The van der Waals surface area contributed by atoms with Crippen molar-refractivity contribution in [3.8, 4) is 5.75 Å². The van der Waals surface area contributed by atoms with Crippen LogP contribution in [0.1, 0.15) is 25.0 Å². The highest BCUT2D eigenvalue weighted by atomic mass is 19.1. The molecule has 82 valence electrons. The smallest absolute Gasteiger partial charge is 0.130 e. The molecule has 0 spiro atoms. The van der Waals surface area contributed by atoms with Crippen molar-refractivity contribution in [1.29, 1.82) is 0 Å². The predicted octanol–water partition coefficient (Wildman–Crippen LogP) is 2.03. The van der Waals surface area contributed by atoms with Gasteiger partial charge >= 0.3 is 0 Å². The van der Waals surface area contributed by atoms with Gasteiger partial charge in [-0.25, -0.2) is 4.39 Å². The van der Waals surface area contributed by atoms with Crippen LogP contribution in [0.25, 0.3) is 0 Å². The average Bonchev–Trinajstić information content (AvgIpc) is 2.64. The molecule has 1 heterocycles. The van der Waals surface area contributed by atoms with Crippen LogP contribution in [-0.4, -0.2) is 18.3 Å². The summed E-state index contributed by atoms with van der Waals surface area (Å²) in [4.78, 5) is 0. The molecule has 0 amide bonds. The van der Waals surface area contributed by atoms with Gasteiger partial charge in [-0.15, -0.1) is 0 Å². The van der Waals surface area contributed by atoms with Gasteiger partial charge in [0.05, 0.1) is 13.2 Å². The van der Waals surface area contributed by atoms with Crippen molar-refractivity contribution in [3.63, 3.8) is 0 Å². The number of ether oxygens (including phenoxy) is 1. The Morgan fingerprint density at radius 2 is 2.20 bits per heavy atom. The fourth-order valence-electron chi connectivity index (χ4n) is 1.94. The standard InChI is InChI=1S/C12H15FO2/c1-12(2,7-14)10-9(13)4-3-8-5-6-15-11(8)10/h3-4,14H,5-7H2,1-2H3. The monoisotopic (exact) mass is 210 g/mol. The predicted molar refractivity (Wildman–Crippen MR) is 55.7 cm³/mol. The molecule has 0 atom stereocenters. The molecule has 0 saturated carbocycles. The third kappa shape index (κ3) is 1.61. The lowest BCUT2D eigenvalue weighted by Crippen LogP contribution is -2.24. The molecule has 1 aliphatic rings. The number of hydrogen-bond acceptors (Lipinski definition) is 2. The van der Waals surface area contributed by atoms with E-state index < -0.39 is 5.41 Å². The van der Waals surface area contributed by atoms with Crippen molar-refractivity contribution in [3.05, 3.63) is 29.1 Å². The molecule has 2 nitrogen and oxygen atoms in total. The number of benzene rings is 1. The normalized spacial score (nSPS) is 14.9. The fraction of sp³-hybridized carbons (Fsp3) is 0.500. The van der Waals surface area contributed by atoms with E-state index in [1.807, 2.05) is 13.8 Å². The van der Waals surface area contributed by atoms with E-state index in [1.165, 1.54) is 6.07 Å². The van der Waals surface area contributed by atoms with Crippen LogP contribution in [0.15, 0.2) is 12.1 Å². The molecule has 0 unspecified atom stereocenters. The summed E-state index contributed by atoms with van der Waals surface area (Å²) in [6.07, 6.45) is 0.824. The average molecular weight is 210 g/mol. The molecular weight excluding hydrogens is 195 g/mol. The Morgan fingerprint density at radius 1 is 1.47 bits per heavy atom. The van der Waals surface area contributed by atoms with Crippen molar-refractivity contribution >= 4 is 0 Å². The minimum Gasteiger partial charge on any atom is -0.493 e. The third-order valence-corrected chi connectivity index (χ3v) is 2.88. The van der Waals surface area contributed by atoms with Crippen molar-refractivity contribution in [1.82, 2.24) is 0 Å². The number of aliphatic hydroxyl groups excluding tert-OH is 1. The fourth-order valence-corrected chi connectivity index (χ4v) is 1.94. The molecule has 1 aromatic carbocycles. The summed E-state index contributed by atoms with van der Waals surface area (Å²) in [5.41, 5.74) is 0.938. The van der Waals surface area contributed by atoms with Crippen molar-refractivity contribution in [2.75, 3.05) is 13.2 Å². The largest absolute Gasteiger partial charge is 0.493 e. The van der Waals surface area contributed by atoms with Gasteiger partial charge in [-0.1, -0.05) is 19.9 Å². The summed E-state index contributed by atoms with van der Waals surface area (Å²) in [7, 11) is 0. The summed E-state index contributed by atoms with van der Waals surface area (Å²) in [5.74, 6) is 0.337. The first-order valence-corrected chi connectivity index (χ1v) is 5.12. The second-order valence-corrected chi connectivity index (χ2v) is 4.55. The SMILES string of the molecule is CC(C)(CO)c1c(F)ccc2c1OCC2. The van der Waals surface area contributed by atoms with Gasteiger partial charge in [-0.2, -0.15) is 0 Å². The molecule has 0 radical (unpaired) electrons. The number of fused-ring (bicyclic) bond motifs is 1. The van der Waals surface area contributed by atoms with E-state index in [4.69, 9.17) is 4.74 Å². The van der Waals surface area contributed by atoms with Gasteiger partial charge in [0.15, 0.2) is 0 Å². The summed E-state index contributed by atoms with van der Waals surface area (Å²) in [5, 5.41) is 9.28. The molecule has 0 aliphatic carbocycles. The zero-order chi connectivity index (χ0) is 11.1. The molecular formula is C12H15FO2. The van der Waals surface area contributed by atoms with E-state index >= 15 is 0 Å². The summed E-state index contributed by atoms with van der Waals surface area (Å²) in [6, 6.07) is 3.22. The number of aliphatic hydroxyl groups is 1. The van der Waals surface area contributed by atoms with Gasteiger partial charge < -0.3 is 9.84 Å². The van der Waals surface area contributed by atoms with E-state index in [2.05, 4.69) is 0 Å². The van der Waals surface area contributed by atoms with Crippen molar-refractivity contribution in [2.45, 2.75) is 25.7 Å².